The van der Waals surface area contributed by atoms with Crippen LogP contribution in [0, 0.1) is 5.41 Å². The Kier molecular flexibility index (Phi) is 5.43. The monoisotopic (exact) mass is 425 g/mol. The third kappa shape index (κ3) is 4.26. The van der Waals surface area contributed by atoms with E-state index >= 15 is 0 Å². The van der Waals surface area contributed by atoms with E-state index in [1.54, 1.807) is 11.0 Å². The van der Waals surface area contributed by atoms with Gasteiger partial charge in [0.15, 0.2) is 0 Å². The predicted molar refractivity (Wildman–Crippen MR) is 123 cm³/mol. The number of benzene rings is 2. The highest BCUT2D eigenvalue weighted by molar-refractivity contribution is 5.55. The lowest BCUT2D eigenvalue weighted by Crippen LogP contribution is -2.12. The van der Waals surface area contributed by atoms with Crippen LogP contribution in [0.25, 0.3) is 11.4 Å². The third-order valence-corrected chi connectivity index (χ3v) is 6.30. The molecule has 6 heteroatoms. The second-order valence-electron chi connectivity index (χ2n) is 8.69. The molecule has 1 saturated carbocycles. The van der Waals surface area contributed by atoms with Crippen LogP contribution in [0.3, 0.4) is 0 Å². The fourth-order valence-electron chi connectivity index (χ4n) is 4.20. The molecule has 0 amide bonds. The number of aromatic nitrogens is 5. The number of pyridine rings is 1. The highest BCUT2D eigenvalue weighted by Crippen LogP contribution is 2.58. The average molecular weight is 426 g/mol. The van der Waals surface area contributed by atoms with Crippen LogP contribution in [0.4, 0.5) is 0 Å². The summed E-state index contributed by atoms with van der Waals surface area (Å²) < 4.78 is 5.93. The maximum Gasteiger partial charge on any atom is 0.204 e. The molecule has 0 N–H and O–H groups in total. The molecule has 2 heterocycles. The van der Waals surface area contributed by atoms with Gasteiger partial charge in [-0.2, -0.15) is 4.80 Å². The van der Waals surface area contributed by atoms with Crippen LogP contribution >= 0.6 is 0 Å². The summed E-state index contributed by atoms with van der Waals surface area (Å²) in [5.74, 6) is 1.88. The number of hydrogen-bond acceptors (Lipinski definition) is 5. The third-order valence-electron chi connectivity index (χ3n) is 6.30. The summed E-state index contributed by atoms with van der Waals surface area (Å²) in [5, 5.41) is 12.6. The van der Waals surface area contributed by atoms with Crippen molar-refractivity contribution in [2.45, 2.75) is 45.8 Å². The van der Waals surface area contributed by atoms with E-state index in [2.05, 4.69) is 75.8 Å². The van der Waals surface area contributed by atoms with E-state index in [0.717, 1.165) is 17.0 Å². The number of ether oxygens (including phenoxy) is 1. The molecule has 162 valence electrons. The van der Waals surface area contributed by atoms with E-state index in [9.17, 15) is 0 Å². The average Bonchev–Trinajstić information content (AvgIpc) is 3.39. The van der Waals surface area contributed by atoms with Gasteiger partial charge in [0.25, 0.3) is 0 Å². The van der Waals surface area contributed by atoms with Gasteiger partial charge in [-0.3, -0.25) is 4.98 Å². The Labute approximate surface area is 188 Å². The predicted octanol–water partition coefficient (Wildman–Crippen LogP) is 5.27. The minimum absolute atomic E-state index is 0.293. The first-order chi connectivity index (χ1) is 15.6. The Balaban J connectivity index is 1.35. The molecule has 1 atom stereocenters. The van der Waals surface area contributed by atoms with Crippen LogP contribution < -0.4 is 4.74 Å². The molecule has 0 saturated heterocycles. The topological polar surface area (TPSA) is 65.7 Å². The Morgan fingerprint density at radius 3 is 2.28 bits per heavy atom. The molecule has 0 spiro atoms. The summed E-state index contributed by atoms with van der Waals surface area (Å²) in [6.45, 7) is 5.57. The van der Waals surface area contributed by atoms with Crippen molar-refractivity contribution in [1.29, 1.82) is 0 Å². The highest BCUT2D eigenvalue weighted by atomic mass is 16.5. The smallest absolute Gasteiger partial charge is 0.204 e. The van der Waals surface area contributed by atoms with Crippen LogP contribution in [0.1, 0.15) is 49.4 Å². The van der Waals surface area contributed by atoms with E-state index in [-0.39, 0.29) is 0 Å². The minimum atomic E-state index is 0.293. The molecule has 1 aliphatic carbocycles. The van der Waals surface area contributed by atoms with Crippen molar-refractivity contribution >= 4 is 0 Å². The van der Waals surface area contributed by atoms with Gasteiger partial charge >= 0.3 is 0 Å². The number of tetrazole rings is 1. The number of rotatable bonds is 8. The fourth-order valence-corrected chi connectivity index (χ4v) is 4.20. The molecule has 1 aliphatic rings. The summed E-state index contributed by atoms with van der Waals surface area (Å²) in [6, 6.07) is 23.0. The summed E-state index contributed by atoms with van der Waals surface area (Å²) in [7, 11) is 0. The van der Waals surface area contributed by atoms with Gasteiger partial charge in [0, 0.05) is 17.7 Å². The molecule has 0 bridgehead atoms. The first-order valence-corrected chi connectivity index (χ1v) is 11.2. The van der Waals surface area contributed by atoms with Gasteiger partial charge in [-0.05, 0) is 65.8 Å². The van der Waals surface area contributed by atoms with E-state index in [1.165, 1.54) is 24.0 Å². The van der Waals surface area contributed by atoms with Crippen LogP contribution in [-0.4, -0.2) is 25.2 Å². The quantitative estimate of drug-likeness (QED) is 0.385. The van der Waals surface area contributed by atoms with E-state index < -0.39 is 0 Å². The molecule has 0 radical (unpaired) electrons. The summed E-state index contributed by atoms with van der Waals surface area (Å²) >= 11 is 0. The molecule has 32 heavy (non-hydrogen) atoms. The Morgan fingerprint density at radius 1 is 0.969 bits per heavy atom. The summed E-state index contributed by atoms with van der Waals surface area (Å²) in [4.78, 5) is 5.92. The fraction of sp³-hybridized carbons (Fsp3) is 0.308. The number of hydrogen-bond donors (Lipinski definition) is 0. The normalized spacial score (nSPS) is 15.3. The van der Waals surface area contributed by atoms with E-state index in [0.29, 0.717) is 30.3 Å². The zero-order valence-corrected chi connectivity index (χ0v) is 18.5. The maximum atomic E-state index is 5.93. The minimum Gasteiger partial charge on any atom is -0.487 e. The molecule has 6 nitrogen and oxygen atoms in total. The van der Waals surface area contributed by atoms with Crippen molar-refractivity contribution in [3.63, 3.8) is 0 Å². The molecule has 1 fully saturated rings. The zero-order valence-electron chi connectivity index (χ0n) is 18.5. The van der Waals surface area contributed by atoms with Crippen LogP contribution in [-0.2, 0) is 13.2 Å². The van der Waals surface area contributed by atoms with E-state index in [4.69, 9.17) is 4.74 Å². The van der Waals surface area contributed by atoms with E-state index in [1.807, 2.05) is 25.1 Å². The van der Waals surface area contributed by atoms with Gasteiger partial charge in [-0.1, -0.05) is 49.4 Å². The van der Waals surface area contributed by atoms with Crippen molar-refractivity contribution in [2.24, 2.45) is 5.41 Å². The largest absolute Gasteiger partial charge is 0.487 e. The lowest BCUT2D eigenvalue weighted by atomic mass is 9.79. The summed E-state index contributed by atoms with van der Waals surface area (Å²) in [5.41, 5.74) is 4.85. The second kappa shape index (κ2) is 8.54. The Hall–Kier alpha value is -3.54. The van der Waals surface area contributed by atoms with Gasteiger partial charge in [0.2, 0.25) is 5.82 Å². The first kappa shape index (κ1) is 20.4. The standard InChI is InChI=1S/C26H27N5O/c1-3-31-29-25(28-30-31)21-9-7-19(8-10-21)24(26(2)15-16-26)20-11-13-23(14-12-20)32-18-22-6-4-5-17-27-22/h4-14,17,24H,3,15-16,18H2,1-2H3. The van der Waals surface area contributed by atoms with Gasteiger partial charge < -0.3 is 4.74 Å². The zero-order chi connectivity index (χ0) is 22.0. The molecule has 2 aromatic carbocycles. The number of aryl methyl sites for hydroxylation is 1. The van der Waals surface area contributed by atoms with Crippen molar-refractivity contribution in [3.8, 4) is 17.1 Å². The molecule has 1 unspecified atom stereocenters. The number of nitrogens with zero attached hydrogens (tertiary/aromatic N) is 5. The SMILES string of the molecule is CCn1nnc(-c2ccc(C(c3ccc(OCc4ccccn4)cc3)C3(C)CC3)cc2)n1. The maximum absolute atomic E-state index is 5.93. The molecule has 4 aromatic rings. The van der Waals surface area contributed by atoms with Gasteiger partial charge in [0.1, 0.15) is 12.4 Å². The Bertz CT molecular complexity index is 1170. The summed E-state index contributed by atoms with van der Waals surface area (Å²) in [6.07, 6.45) is 4.27. The molecular formula is C26H27N5O. The van der Waals surface area contributed by atoms with Crippen molar-refractivity contribution < 1.29 is 4.74 Å². The molecule has 2 aromatic heterocycles. The Morgan fingerprint density at radius 2 is 1.69 bits per heavy atom. The highest BCUT2D eigenvalue weighted by Gasteiger charge is 2.46. The van der Waals surface area contributed by atoms with Crippen molar-refractivity contribution in [1.82, 2.24) is 25.2 Å². The first-order valence-electron chi connectivity index (χ1n) is 11.2. The molecular weight excluding hydrogens is 398 g/mol. The van der Waals surface area contributed by atoms with Crippen molar-refractivity contribution in [2.75, 3.05) is 0 Å². The van der Waals surface area contributed by atoms with Crippen LogP contribution in [0.2, 0.25) is 0 Å². The van der Waals surface area contributed by atoms with Gasteiger partial charge in [0.05, 0.1) is 12.2 Å². The molecule has 5 rings (SSSR count). The van der Waals surface area contributed by atoms with Crippen molar-refractivity contribution in [3.05, 3.63) is 89.7 Å². The van der Waals surface area contributed by atoms with Crippen LogP contribution in [0.15, 0.2) is 72.9 Å². The van der Waals surface area contributed by atoms with Crippen LogP contribution in [0.5, 0.6) is 5.75 Å². The lowest BCUT2D eigenvalue weighted by Gasteiger charge is -2.25. The molecule has 0 aliphatic heterocycles. The van der Waals surface area contributed by atoms with Gasteiger partial charge in [-0.25, -0.2) is 0 Å². The van der Waals surface area contributed by atoms with Gasteiger partial charge in [-0.15, -0.1) is 10.2 Å². The second-order valence-corrected chi connectivity index (χ2v) is 8.69. The lowest BCUT2D eigenvalue weighted by molar-refractivity contribution is 0.301.